The van der Waals surface area contributed by atoms with Crippen LogP contribution in [0.5, 0.6) is 5.75 Å². The molecule has 2 aromatic rings. The van der Waals surface area contributed by atoms with Gasteiger partial charge in [-0.05, 0) is 42.8 Å². The second-order valence-corrected chi connectivity index (χ2v) is 6.88. The predicted molar refractivity (Wildman–Crippen MR) is 105 cm³/mol. The molecule has 1 atom stereocenters. The smallest absolute Gasteiger partial charge is 0.325 e. The number of carbonyl (C=O) groups excluding carboxylic acids is 3. The number of nitriles is 1. The molecular formula is C21H20N4O4. The first-order chi connectivity index (χ1) is 13.9. The van der Waals surface area contributed by atoms with E-state index in [1.54, 1.807) is 37.3 Å². The molecule has 2 aromatic carbocycles. The van der Waals surface area contributed by atoms with Crippen LogP contribution in [0.25, 0.3) is 0 Å². The van der Waals surface area contributed by atoms with Crippen LogP contribution in [-0.2, 0) is 16.0 Å². The third-order valence-electron chi connectivity index (χ3n) is 4.68. The molecule has 148 valence electrons. The van der Waals surface area contributed by atoms with E-state index in [1.165, 1.54) is 7.11 Å². The minimum Gasteiger partial charge on any atom is -0.496 e. The van der Waals surface area contributed by atoms with Gasteiger partial charge in [-0.2, -0.15) is 5.26 Å². The van der Waals surface area contributed by atoms with Gasteiger partial charge in [0.25, 0.3) is 5.91 Å². The fourth-order valence-electron chi connectivity index (χ4n) is 3.21. The lowest BCUT2D eigenvalue weighted by Gasteiger charge is -2.22. The van der Waals surface area contributed by atoms with E-state index >= 15 is 0 Å². The van der Waals surface area contributed by atoms with Gasteiger partial charge in [0.05, 0.1) is 18.7 Å². The first-order valence-corrected chi connectivity index (χ1v) is 8.92. The quantitative estimate of drug-likeness (QED) is 0.731. The lowest BCUT2D eigenvalue weighted by Crippen LogP contribution is -2.46. The maximum absolute atomic E-state index is 12.9. The van der Waals surface area contributed by atoms with Gasteiger partial charge in [0.15, 0.2) is 0 Å². The molecule has 4 amide bonds. The van der Waals surface area contributed by atoms with E-state index in [-0.39, 0.29) is 6.42 Å². The van der Waals surface area contributed by atoms with Gasteiger partial charge in [0.1, 0.15) is 17.8 Å². The SMILES string of the molecule is COc1ccccc1C[C@]1(C)NC(=O)N(CC(=O)Nc2ccc(C#N)cc2)C1=O. The molecule has 0 aromatic heterocycles. The molecule has 1 fully saturated rings. The van der Waals surface area contributed by atoms with E-state index in [0.717, 1.165) is 10.5 Å². The van der Waals surface area contributed by atoms with Crippen molar-refractivity contribution in [1.29, 1.82) is 5.26 Å². The standard InChI is InChI=1S/C21H20N4O4/c1-21(11-15-5-3-4-6-17(15)29-2)19(27)25(20(28)24-21)13-18(26)23-16-9-7-14(12-22)8-10-16/h3-10H,11,13H2,1-2H3,(H,23,26)(H,24,28)/t21-/m0/s1. The zero-order valence-electron chi connectivity index (χ0n) is 16.1. The highest BCUT2D eigenvalue weighted by molar-refractivity contribution is 6.10. The zero-order chi connectivity index (χ0) is 21.0. The topological polar surface area (TPSA) is 112 Å². The number of para-hydroxylation sites is 1. The fourth-order valence-corrected chi connectivity index (χ4v) is 3.21. The number of hydrogen-bond acceptors (Lipinski definition) is 5. The van der Waals surface area contributed by atoms with E-state index in [4.69, 9.17) is 10.00 Å². The number of hydrogen-bond donors (Lipinski definition) is 2. The summed E-state index contributed by atoms with van der Waals surface area (Å²) in [6.07, 6.45) is 0.231. The van der Waals surface area contributed by atoms with Crippen LogP contribution < -0.4 is 15.4 Å². The summed E-state index contributed by atoms with van der Waals surface area (Å²) in [6.45, 7) is 1.21. The van der Waals surface area contributed by atoms with Crippen molar-refractivity contribution in [3.05, 3.63) is 59.7 Å². The van der Waals surface area contributed by atoms with Crippen LogP contribution in [0.15, 0.2) is 48.5 Å². The van der Waals surface area contributed by atoms with Gasteiger partial charge in [-0.1, -0.05) is 18.2 Å². The number of nitrogens with zero attached hydrogens (tertiary/aromatic N) is 2. The summed E-state index contributed by atoms with van der Waals surface area (Å²) in [5.41, 5.74) is 0.526. The summed E-state index contributed by atoms with van der Waals surface area (Å²) in [4.78, 5) is 38.5. The number of amides is 4. The van der Waals surface area contributed by atoms with E-state index in [2.05, 4.69) is 10.6 Å². The van der Waals surface area contributed by atoms with Gasteiger partial charge in [-0.15, -0.1) is 0 Å². The Bertz CT molecular complexity index is 996. The molecule has 8 heteroatoms. The number of nitrogens with one attached hydrogen (secondary N) is 2. The molecule has 0 unspecified atom stereocenters. The number of imide groups is 1. The normalized spacial score (nSPS) is 18.2. The molecule has 0 bridgehead atoms. The van der Waals surface area contributed by atoms with Crippen LogP contribution >= 0.6 is 0 Å². The summed E-state index contributed by atoms with van der Waals surface area (Å²) in [7, 11) is 1.54. The number of methoxy groups -OCH3 is 1. The molecule has 2 N–H and O–H groups in total. The highest BCUT2D eigenvalue weighted by Gasteiger charge is 2.48. The van der Waals surface area contributed by atoms with Gasteiger partial charge in [-0.3, -0.25) is 14.5 Å². The lowest BCUT2D eigenvalue weighted by molar-refractivity contribution is -0.133. The summed E-state index contributed by atoms with van der Waals surface area (Å²) in [5.74, 6) is -0.379. The monoisotopic (exact) mass is 392 g/mol. The highest BCUT2D eigenvalue weighted by atomic mass is 16.5. The van der Waals surface area contributed by atoms with Crippen LogP contribution in [0, 0.1) is 11.3 Å². The van der Waals surface area contributed by atoms with Crippen LogP contribution in [0.1, 0.15) is 18.1 Å². The minimum atomic E-state index is -1.18. The van der Waals surface area contributed by atoms with E-state index in [0.29, 0.717) is 17.0 Å². The van der Waals surface area contributed by atoms with Crippen molar-refractivity contribution >= 4 is 23.5 Å². The molecule has 1 saturated heterocycles. The molecule has 3 rings (SSSR count). The third kappa shape index (κ3) is 4.19. The van der Waals surface area contributed by atoms with Crippen molar-refractivity contribution in [1.82, 2.24) is 10.2 Å². The van der Waals surface area contributed by atoms with Crippen molar-refractivity contribution in [2.24, 2.45) is 0 Å². The number of benzene rings is 2. The second kappa shape index (κ2) is 8.02. The minimum absolute atomic E-state index is 0.231. The maximum atomic E-state index is 12.9. The lowest BCUT2D eigenvalue weighted by atomic mass is 9.92. The summed E-state index contributed by atoms with van der Waals surface area (Å²) >= 11 is 0. The number of urea groups is 1. The van der Waals surface area contributed by atoms with Crippen molar-refractivity contribution in [3.8, 4) is 11.8 Å². The van der Waals surface area contributed by atoms with Crippen molar-refractivity contribution in [2.75, 3.05) is 19.0 Å². The average molecular weight is 392 g/mol. The van der Waals surface area contributed by atoms with Crippen molar-refractivity contribution in [3.63, 3.8) is 0 Å². The Morgan fingerprint density at radius 1 is 1.21 bits per heavy atom. The van der Waals surface area contributed by atoms with Crippen LogP contribution in [0.3, 0.4) is 0 Å². The Labute approximate surface area is 168 Å². The highest BCUT2D eigenvalue weighted by Crippen LogP contribution is 2.27. The Kier molecular flexibility index (Phi) is 5.50. The first-order valence-electron chi connectivity index (χ1n) is 8.92. The first kappa shape index (κ1) is 19.9. The number of ether oxygens (including phenoxy) is 1. The van der Waals surface area contributed by atoms with Crippen LogP contribution in [0.4, 0.5) is 10.5 Å². The zero-order valence-corrected chi connectivity index (χ0v) is 16.1. The number of anilines is 1. The number of rotatable bonds is 6. The molecule has 29 heavy (non-hydrogen) atoms. The fraction of sp³-hybridized carbons (Fsp3) is 0.238. The molecule has 0 spiro atoms. The van der Waals surface area contributed by atoms with Gasteiger partial charge >= 0.3 is 6.03 Å². The molecule has 8 nitrogen and oxygen atoms in total. The molecule has 0 aliphatic carbocycles. The molecular weight excluding hydrogens is 372 g/mol. The summed E-state index contributed by atoms with van der Waals surface area (Å²) in [5, 5.41) is 14.1. The van der Waals surface area contributed by atoms with Gasteiger partial charge in [0, 0.05) is 12.1 Å². The van der Waals surface area contributed by atoms with E-state index in [9.17, 15) is 14.4 Å². The maximum Gasteiger partial charge on any atom is 0.325 e. The van der Waals surface area contributed by atoms with E-state index in [1.807, 2.05) is 24.3 Å². The molecule has 1 heterocycles. The average Bonchev–Trinajstić information content (AvgIpc) is 2.92. The summed E-state index contributed by atoms with van der Waals surface area (Å²) in [6, 6.07) is 14.9. The van der Waals surface area contributed by atoms with Crippen molar-refractivity contribution < 1.29 is 19.1 Å². The van der Waals surface area contributed by atoms with E-state index < -0.39 is 29.9 Å². The Morgan fingerprint density at radius 3 is 2.55 bits per heavy atom. The third-order valence-corrected chi connectivity index (χ3v) is 4.68. The largest absolute Gasteiger partial charge is 0.496 e. The number of carbonyl (C=O) groups is 3. The summed E-state index contributed by atoms with van der Waals surface area (Å²) < 4.78 is 5.32. The molecule has 0 radical (unpaired) electrons. The van der Waals surface area contributed by atoms with Gasteiger partial charge in [0.2, 0.25) is 5.91 Å². The van der Waals surface area contributed by atoms with Crippen molar-refractivity contribution in [2.45, 2.75) is 18.9 Å². The van der Waals surface area contributed by atoms with Gasteiger partial charge in [-0.25, -0.2) is 4.79 Å². The second-order valence-electron chi connectivity index (χ2n) is 6.88. The molecule has 1 aliphatic heterocycles. The molecule has 0 saturated carbocycles. The Morgan fingerprint density at radius 2 is 1.90 bits per heavy atom. The van der Waals surface area contributed by atoms with Crippen LogP contribution in [-0.4, -0.2) is 41.9 Å². The van der Waals surface area contributed by atoms with Crippen LogP contribution in [0.2, 0.25) is 0 Å². The predicted octanol–water partition coefficient (Wildman–Crippen LogP) is 2.06. The Hall–Kier alpha value is -3.86. The molecule has 1 aliphatic rings. The van der Waals surface area contributed by atoms with Gasteiger partial charge < -0.3 is 15.4 Å². The Balaban J connectivity index is 1.69.